The van der Waals surface area contributed by atoms with Gasteiger partial charge in [-0.3, -0.25) is 9.20 Å². The lowest BCUT2D eigenvalue weighted by atomic mass is 9.88. The highest BCUT2D eigenvalue weighted by molar-refractivity contribution is 5.82. The molecular formula is C18H16F3N7O. The number of fused-ring (bicyclic) bond motifs is 2. The zero-order valence-corrected chi connectivity index (χ0v) is 15.1. The van der Waals surface area contributed by atoms with E-state index >= 15 is 0 Å². The Morgan fingerprint density at radius 2 is 2.03 bits per heavy atom. The second-order valence-electron chi connectivity index (χ2n) is 7.23. The molecule has 150 valence electrons. The molecule has 5 rings (SSSR count). The molecule has 2 unspecified atom stereocenters. The van der Waals surface area contributed by atoms with Gasteiger partial charge in [0.05, 0.1) is 18.3 Å². The van der Waals surface area contributed by atoms with Crippen LogP contribution >= 0.6 is 0 Å². The molecule has 8 nitrogen and oxygen atoms in total. The molecule has 29 heavy (non-hydrogen) atoms. The number of imidazole rings is 1. The molecule has 0 spiro atoms. The van der Waals surface area contributed by atoms with Crippen LogP contribution in [0.4, 0.5) is 19.0 Å². The summed E-state index contributed by atoms with van der Waals surface area (Å²) in [6.07, 6.45) is 1.25. The van der Waals surface area contributed by atoms with Gasteiger partial charge in [-0.05, 0) is 18.4 Å². The van der Waals surface area contributed by atoms with Crippen molar-refractivity contribution in [1.82, 2.24) is 29.7 Å². The number of amides is 1. The number of nitrogens with one attached hydrogen (secondary N) is 1. The number of rotatable bonds is 2. The van der Waals surface area contributed by atoms with Crippen LogP contribution in [0.1, 0.15) is 12.1 Å². The highest BCUT2D eigenvalue weighted by atomic mass is 19.4. The van der Waals surface area contributed by atoms with Crippen molar-refractivity contribution in [1.29, 1.82) is 0 Å². The van der Waals surface area contributed by atoms with Crippen LogP contribution in [0.2, 0.25) is 0 Å². The lowest BCUT2D eigenvalue weighted by Crippen LogP contribution is -2.41. The van der Waals surface area contributed by atoms with Crippen molar-refractivity contribution < 1.29 is 18.0 Å². The highest BCUT2D eigenvalue weighted by Gasteiger charge is 2.39. The lowest BCUT2D eigenvalue weighted by molar-refractivity contribution is -0.141. The summed E-state index contributed by atoms with van der Waals surface area (Å²) in [4.78, 5) is 30.3. The molecule has 2 aliphatic rings. The Hall–Kier alpha value is -3.24. The number of anilines is 1. The molecule has 3 aromatic rings. The number of halogens is 3. The van der Waals surface area contributed by atoms with Crippen molar-refractivity contribution in [2.45, 2.75) is 12.6 Å². The first-order valence-electron chi connectivity index (χ1n) is 9.16. The number of carbonyl (C=O) groups is 1. The number of hydrogen-bond donors (Lipinski definition) is 1. The molecule has 2 atom stereocenters. The van der Waals surface area contributed by atoms with E-state index in [1.54, 1.807) is 12.3 Å². The predicted molar refractivity (Wildman–Crippen MR) is 95.8 cm³/mol. The molecule has 0 aliphatic carbocycles. The third-order valence-electron chi connectivity index (χ3n) is 5.51. The van der Waals surface area contributed by atoms with Gasteiger partial charge in [0.2, 0.25) is 5.91 Å². The summed E-state index contributed by atoms with van der Waals surface area (Å²) < 4.78 is 40.4. The maximum atomic E-state index is 13.0. The summed E-state index contributed by atoms with van der Waals surface area (Å²) in [5.74, 6) is 1.22. The van der Waals surface area contributed by atoms with E-state index in [1.165, 1.54) is 10.6 Å². The van der Waals surface area contributed by atoms with E-state index in [0.29, 0.717) is 30.5 Å². The van der Waals surface area contributed by atoms with Gasteiger partial charge >= 0.3 is 6.18 Å². The molecule has 0 aromatic carbocycles. The number of hydrogen-bond acceptors (Lipinski definition) is 6. The monoisotopic (exact) mass is 403 g/mol. The Balaban J connectivity index is 1.49. The van der Waals surface area contributed by atoms with Gasteiger partial charge in [0.25, 0.3) is 0 Å². The fourth-order valence-electron chi connectivity index (χ4n) is 3.96. The van der Waals surface area contributed by atoms with Crippen LogP contribution in [0.25, 0.3) is 17.2 Å². The maximum Gasteiger partial charge on any atom is 0.434 e. The second kappa shape index (κ2) is 6.39. The van der Waals surface area contributed by atoms with Crippen LogP contribution in [0.15, 0.2) is 30.9 Å². The van der Waals surface area contributed by atoms with Crippen LogP contribution < -0.4 is 10.2 Å². The molecule has 0 saturated carbocycles. The second-order valence-corrected chi connectivity index (χ2v) is 7.23. The van der Waals surface area contributed by atoms with Crippen molar-refractivity contribution in [2.24, 2.45) is 11.8 Å². The Morgan fingerprint density at radius 1 is 1.17 bits per heavy atom. The molecule has 2 saturated heterocycles. The van der Waals surface area contributed by atoms with E-state index in [9.17, 15) is 18.0 Å². The first-order chi connectivity index (χ1) is 13.9. The molecule has 0 radical (unpaired) electrons. The van der Waals surface area contributed by atoms with Crippen LogP contribution in [0, 0.1) is 11.8 Å². The normalized spacial score (nSPS) is 22.0. The van der Waals surface area contributed by atoms with Crippen molar-refractivity contribution in [2.75, 3.05) is 24.5 Å². The predicted octanol–water partition coefficient (Wildman–Crippen LogP) is 1.78. The summed E-state index contributed by atoms with van der Waals surface area (Å²) in [6.45, 7) is 2.02. The molecule has 11 heteroatoms. The topological polar surface area (TPSA) is 88.3 Å². The number of piperidine rings is 1. The van der Waals surface area contributed by atoms with Gasteiger partial charge in [-0.2, -0.15) is 13.2 Å². The largest absolute Gasteiger partial charge is 0.434 e. The van der Waals surface area contributed by atoms with Crippen LogP contribution in [0.5, 0.6) is 0 Å². The zero-order valence-electron chi connectivity index (χ0n) is 15.1. The summed E-state index contributed by atoms with van der Waals surface area (Å²) >= 11 is 0. The minimum atomic E-state index is -4.56. The van der Waals surface area contributed by atoms with E-state index in [2.05, 4.69) is 25.3 Å². The molecule has 5 heterocycles. The number of carbonyl (C=O) groups excluding carboxylic acids is 1. The van der Waals surface area contributed by atoms with E-state index in [-0.39, 0.29) is 23.3 Å². The third-order valence-corrected chi connectivity index (χ3v) is 5.51. The molecule has 2 fully saturated rings. The third kappa shape index (κ3) is 3.06. The van der Waals surface area contributed by atoms with Crippen molar-refractivity contribution in [3.8, 4) is 11.5 Å². The minimum Gasteiger partial charge on any atom is -0.356 e. The highest BCUT2D eigenvalue weighted by Crippen LogP contribution is 2.31. The first kappa shape index (κ1) is 17.8. The van der Waals surface area contributed by atoms with Gasteiger partial charge in [0.15, 0.2) is 17.2 Å². The van der Waals surface area contributed by atoms with Crippen LogP contribution in [-0.4, -0.2) is 49.9 Å². The van der Waals surface area contributed by atoms with Crippen LogP contribution in [-0.2, 0) is 11.0 Å². The van der Waals surface area contributed by atoms with Gasteiger partial charge in [-0.25, -0.2) is 19.9 Å². The van der Waals surface area contributed by atoms with Crippen LogP contribution in [0.3, 0.4) is 0 Å². The first-order valence-corrected chi connectivity index (χ1v) is 9.16. The SMILES string of the molecule is O=C1NCC2CCN(c3ccnc(-c4cnc5cnc(C(F)(F)F)cn45)n3)CC12. The number of aromatic nitrogens is 5. The van der Waals surface area contributed by atoms with Gasteiger partial charge in [0, 0.05) is 32.0 Å². The van der Waals surface area contributed by atoms with E-state index in [0.717, 1.165) is 25.4 Å². The van der Waals surface area contributed by atoms with E-state index in [1.807, 2.05) is 4.90 Å². The Bertz CT molecular complexity index is 1100. The van der Waals surface area contributed by atoms with Gasteiger partial charge in [-0.1, -0.05) is 0 Å². The molecule has 2 aliphatic heterocycles. The lowest BCUT2D eigenvalue weighted by Gasteiger charge is -2.34. The van der Waals surface area contributed by atoms with E-state index < -0.39 is 11.9 Å². The average Bonchev–Trinajstić information content (AvgIpc) is 3.30. The Labute approximate surface area is 162 Å². The van der Waals surface area contributed by atoms with Crippen molar-refractivity contribution in [3.63, 3.8) is 0 Å². The molecule has 1 N–H and O–H groups in total. The van der Waals surface area contributed by atoms with Crippen molar-refractivity contribution >= 4 is 17.4 Å². The van der Waals surface area contributed by atoms with Gasteiger partial charge in [-0.15, -0.1) is 0 Å². The fourth-order valence-corrected chi connectivity index (χ4v) is 3.96. The fraction of sp³-hybridized carbons (Fsp3) is 0.389. The Morgan fingerprint density at radius 3 is 2.86 bits per heavy atom. The summed E-state index contributed by atoms with van der Waals surface area (Å²) in [5, 5.41) is 2.90. The number of nitrogens with zero attached hydrogens (tertiary/aromatic N) is 6. The molecule has 0 bridgehead atoms. The van der Waals surface area contributed by atoms with E-state index in [4.69, 9.17) is 0 Å². The van der Waals surface area contributed by atoms with Gasteiger partial charge < -0.3 is 10.2 Å². The molecule has 1 amide bonds. The standard InChI is InChI=1S/C18H16F3N7O/c19-18(20,21)13-9-28-12(6-24-15(28)7-23-13)16-22-3-1-14(26-16)27-4-2-10-5-25-17(29)11(10)8-27/h1,3,6-7,9-11H,2,4-5,8H2,(H,25,29). The number of alkyl halides is 3. The average molecular weight is 403 g/mol. The zero-order chi connectivity index (χ0) is 20.2. The molecular weight excluding hydrogens is 387 g/mol. The van der Waals surface area contributed by atoms with Crippen molar-refractivity contribution in [3.05, 3.63) is 36.5 Å². The van der Waals surface area contributed by atoms with Gasteiger partial charge in [0.1, 0.15) is 11.5 Å². The summed E-state index contributed by atoms with van der Waals surface area (Å²) in [5.41, 5.74) is -0.414. The quantitative estimate of drug-likeness (QED) is 0.702. The molecule has 3 aromatic heterocycles. The summed E-state index contributed by atoms with van der Waals surface area (Å²) in [6, 6.07) is 1.74. The summed E-state index contributed by atoms with van der Waals surface area (Å²) in [7, 11) is 0. The minimum absolute atomic E-state index is 0.0583. The maximum absolute atomic E-state index is 13.0. The Kier molecular flexibility index (Phi) is 3.93. The smallest absolute Gasteiger partial charge is 0.356 e.